The molecule has 1 rings (SSSR count). The third-order valence-corrected chi connectivity index (χ3v) is 2.40. The largest absolute Gasteiger partial charge is 0.398 e. The first-order valence-corrected chi connectivity index (χ1v) is 5.28. The van der Waals surface area contributed by atoms with E-state index >= 15 is 0 Å². The van der Waals surface area contributed by atoms with E-state index in [0.29, 0.717) is 11.3 Å². The van der Waals surface area contributed by atoms with Crippen LogP contribution in [0, 0.1) is 5.82 Å². The lowest BCUT2D eigenvalue weighted by molar-refractivity contribution is 0.620. The summed E-state index contributed by atoms with van der Waals surface area (Å²) in [4.78, 5) is 0. The molecule has 0 aromatic heterocycles. The van der Waals surface area contributed by atoms with Gasteiger partial charge in [-0.15, -0.1) is 0 Å². The highest BCUT2D eigenvalue weighted by atomic mass is 19.1. The van der Waals surface area contributed by atoms with Crippen molar-refractivity contribution in [2.24, 2.45) is 5.73 Å². The third kappa shape index (κ3) is 2.82. The predicted octanol–water partition coefficient (Wildman–Crippen LogP) is 3.49. The van der Waals surface area contributed by atoms with Crippen molar-refractivity contribution in [3.05, 3.63) is 40.7 Å². The zero-order chi connectivity index (χ0) is 11.4. The minimum absolute atomic E-state index is 0.223. The number of allylic oxidation sites excluding steroid dienone is 1. The molecule has 0 saturated heterocycles. The first kappa shape index (κ1) is 11.8. The van der Waals surface area contributed by atoms with E-state index in [1.165, 1.54) is 0 Å². The summed E-state index contributed by atoms with van der Waals surface area (Å²) in [5.74, 6) is -0.223. The number of rotatable bonds is 3. The van der Waals surface area contributed by atoms with Gasteiger partial charge in [-0.1, -0.05) is 25.0 Å². The number of hydrogen-bond donors (Lipinski definition) is 1. The summed E-state index contributed by atoms with van der Waals surface area (Å²) in [6.07, 6.45) is 1.93. The van der Waals surface area contributed by atoms with E-state index in [-0.39, 0.29) is 5.82 Å². The van der Waals surface area contributed by atoms with Gasteiger partial charge in [0.05, 0.1) is 0 Å². The van der Waals surface area contributed by atoms with Crippen LogP contribution in [0.4, 0.5) is 4.39 Å². The van der Waals surface area contributed by atoms with Crippen molar-refractivity contribution in [3.63, 3.8) is 0 Å². The van der Waals surface area contributed by atoms with Gasteiger partial charge in [0.2, 0.25) is 0 Å². The van der Waals surface area contributed by atoms with Gasteiger partial charge in [0, 0.05) is 11.3 Å². The fourth-order valence-corrected chi connectivity index (χ4v) is 1.49. The first-order chi connectivity index (χ1) is 7.06. The highest BCUT2D eigenvalue weighted by Gasteiger charge is 2.06. The molecule has 82 valence electrons. The average Bonchev–Trinajstić information content (AvgIpc) is 2.17. The topological polar surface area (TPSA) is 26.0 Å². The van der Waals surface area contributed by atoms with Gasteiger partial charge in [-0.3, -0.25) is 0 Å². The Hall–Kier alpha value is -1.31. The molecular weight excluding hydrogens is 189 g/mol. The summed E-state index contributed by atoms with van der Waals surface area (Å²) < 4.78 is 13.7. The van der Waals surface area contributed by atoms with Crippen LogP contribution in [0.3, 0.4) is 0 Å². The van der Waals surface area contributed by atoms with Crippen LogP contribution in [-0.4, -0.2) is 0 Å². The number of hydrogen-bond acceptors (Lipinski definition) is 1. The Morgan fingerprint density at radius 2 is 2.00 bits per heavy atom. The van der Waals surface area contributed by atoms with Gasteiger partial charge in [-0.25, -0.2) is 4.39 Å². The van der Waals surface area contributed by atoms with Crippen molar-refractivity contribution >= 4 is 5.70 Å². The van der Waals surface area contributed by atoms with Crippen molar-refractivity contribution in [2.45, 2.75) is 33.6 Å². The van der Waals surface area contributed by atoms with Crippen LogP contribution in [0.1, 0.15) is 38.3 Å². The van der Waals surface area contributed by atoms with E-state index in [0.717, 1.165) is 24.0 Å². The number of nitrogens with two attached hydrogens (primary N) is 1. The highest BCUT2D eigenvalue weighted by Crippen LogP contribution is 2.19. The zero-order valence-electron chi connectivity index (χ0n) is 9.60. The van der Waals surface area contributed by atoms with Crippen molar-refractivity contribution in [1.82, 2.24) is 0 Å². The lowest BCUT2D eigenvalue weighted by Crippen LogP contribution is -2.02. The molecule has 15 heavy (non-hydrogen) atoms. The highest BCUT2D eigenvalue weighted by molar-refractivity contribution is 5.65. The average molecular weight is 207 g/mol. The fourth-order valence-electron chi connectivity index (χ4n) is 1.49. The molecule has 2 N–H and O–H groups in total. The third-order valence-electron chi connectivity index (χ3n) is 2.40. The maximum absolute atomic E-state index is 13.7. The molecule has 0 radical (unpaired) electrons. The SMILES string of the molecule is CCCc1ccc(C(N)=C(C)C)c(F)c1. The van der Waals surface area contributed by atoms with Crippen molar-refractivity contribution in [2.75, 3.05) is 0 Å². The molecular formula is C13H18FN. The molecule has 0 amide bonds. The molecule has 0 unspecified atom stereocenters. The van der Waals surface area contributed by atoms with E-state index in [4.69, 9.17) is 5.73 Å². The maximum atomic E-state index is 13.7. The first-order valence-electron chi connectivity index (χ1n) is 5.28. The van der Waals surface area contributed by atoms with Gasteiger partial charge >= 0.3 is 0 Å². The fraction of sp³-hybridized carbons (Fsp3) is 0.385. The quantitative estimate of drug-likeness (QED) is 0.806. The smallest absolute Gasteiger partial charge is 0.132 e. The Balaban J connectivity index is 3.09. The molecule has 0 fully saturated rings. The molecule has 0 atom stereocenters. The van der Waals surface area contributed by atoms with Crippen molar-refractivity contribution in [3.8, 4) is 0 Å². The Morgan fingerprint density at radius 1 is 1.33 bits per heavy atom. The van der Waals surface area contributed by atoms with Crippen LogP contribution < -0.4 is 5.73 Å². The van der Waals surface area contributed by atoms with Gasteiger partial charge in [-0.2, -0.15) is 0 Å². The summed E-state index contributed by atoms with van der Waals surface area (Å²) >= 11 is 0. The van der Waals surface area contributed by atoms with Gasteiger partial charge in [0.25, 0.3) is 0 Å². The van der Waals surface area contributed by atoms with Crippen LogP contribution in [0.15, 0.2) is 23.8 Å². The van der Waals surface area contributed by atoms with Crippen LogP contribution in [0.2, 0.25) is 0 Å². The van der Waals surface area contributed by atoms with Gasteiger partial charge in [0.1, 0.15) is 5.82 Å². The number of halogens is 1. The van der Waals surface area contributed by atoms with E-state index < -0.39 is 0 Å². The minimum Gasteiger partial charge on any atom is -0.398 e. The Morgan fingerprint density at radius 3 is 2.47 bits per heavy atom. The molecule has 1 nitrogen and oxygen atoms in total. The summed E-state index contributed by atoms with van der Waals surface area (Å²) in [6, 6.07) is 5.29. The monoisotopic (exact) mass is 207 g/mol. The molecule has 0 aliphatic rings. The molecule has 0 heterocycles. The summed E-state index contributed by atoms with van der Waals surface area (Å²) in [5.41, 5.74) is 8.82. The molecule has 0 aliphatic heterocycles. The lowest BCUT2D eigenvalue weighted by atomic mass is 10.0. The summed E-state index contributed by atoms with van der Waals surface area (Å²) in [7, 11) is 0. The second-order valence-corrected chi connectivity index (χ2v) is 3.98. The van der Waals surface area contributed by atoms with E-state index in [9.17, 15) is 4.39 Å². The predicted molar refractivity (Wildman–Crippen MR) is 62.9 cm³/mol. The second kappa shape index (κ2) is 4.96. The van der Waals surface area contributed by atoms with Crippen molar-refractivity contribution in [1.29, 1.82) is 0 Å². The second-order valence-electron chi connectivity index (χ2n) is 3.98. The molecule has 0 bridgehead atoms. The Kier molecular flexibility index (Phi) is 3.89. The molecule has 0 saturated carbocycles. The molecule has 1 aromatic carbocycles. The van der Waals surface area contributed by atoms with Gasteiger partial charge in [-0.05, 0) is 38.0 Å². The standard InChI is InChI=1S/C13H18FN/c1-4-5-10-6-7-11(12(14)8-10)13(15)9(2)3/h6-8H,4-5,15H2,1-3H3. The zero-order valence-corrected chi connectivity index (χ0v) is 9.60. The van der Waals surface area contributed by atoms with E-state index in [1.807, 2.05) is 19.9 Å². The molecule has 0 spiro atoms. The summed E-state index contributed by atoms with van der Waals surface area (Å²) in [6.45, 7) is 5.85. The van der Waals surface area contributed by atoms with Gasteiger partial charge < -0.3 is 5.73 Å². The van der Waals surface area contributed by atoms with Crippen molar-refractivity contribution < 1.29 is 4.39 Å². The molecule has 0 aliphatic carbocycles. The molecule has 1 aromatic rings. The number of aryl methyl sites for hydroxylation is 1. The van der Waals surface area contributed by atoms with Crippen LogP contribution in [0.25, 0.3) is 5.70 Å². The maximum Gasteiger partial charge on any atom is 0.132 e. The Labute approximate surface area is 90.8 Å². The van der Waals surface area contributed by atoms with E-state index in [2.05, 4.69) is 6.92 Å². The lowest BCUT2D eigenvalue weighted by Gasteiger charge is -2.07. The molecule has 2 heteroatoms. The van der Waals surface area contributed by atoms with E-state index in [1.54, 1.807) is 12.1 Å². The van der Waals surface area contributed by atoms with Crippen LogP contribution >= 0.6 is 0 Å². The number of benzene rings is 1. The normalized spacial score (nSPS) is 10.1. The Bertz CT molecular complexity index is 376. The van der Waals surface area contributed by atoms with Gasteiger partial charge in [0.15, 0.2) is 0 Å². The van der Waals surface area contributed by atoms with Crippen LogP contribution in [0.5, 0.6) is 0 Å². The van der Waals surface area contributed by atoms with Crippen LogP contribution in [-0.2, 0) is 6.42 Å². The minimum atomic E-state index is -0.223. The summed E-state index contributed by atoms with van der Waals surface area (Å²) in [5, 5.41) is 0.